The highest BCUT2D eigenvalue weighted by Gasteiger charge is 2.31. The van der Waals surface area contributed by atoms with E-state index in [1.807, 2.05) is 13.0 Å². The summed E-state index contributed by atoms with van der Waals surface area (Å²) in [7, 11) is 0. The molecule has 1 aliphatic heterocycles. The molecule has 0 N–H and O–H groups in total. The van der Waals surface area contributed by atoms with E-state index in [0.29, 0.717) is 5.52 Å². The summed E-state index contributed by atoms with van der Waals surface area (Å²) in [6, 6.07) is 8.08. The molecule has 0 spiro atoms. The van der Waals surface area contributed by atoms with Crippen LogP contribution in [0.1, 0.15) is 18.5 Å². The molecule has 2 heterocycles. The molecule has 0 bridgehead atoms. The van der Waals surface area contributed by atoms with Gasteiger partial charge in [-0.2, -0.15) is 0 Å². The number of pyridine rings is 1. The largest absolute Gasteiger partial charge is 0.368 e. The molecule has 6 nitrogen and oxygen atoms in total. The number of benzene rings is 1. The first kappa shape index (κ1) is 14.4. The number of fused-ring (bicyclic) bond motifs is 1. The Labute approximate surface area is 134 Å². The molecule has 6 heteroatoms. The molecule has 0 amide bonds. The van der Waals surface area contributed by atoms with Gasteiger partial charge in [0.2, 0.25) is 0 Å². The predicted molar refractivity (Wildman–Crippen MR) is 89.9 cm³/mol. The highest BCUT2D eigenvalue weighted by Crippen LogP contribution is 2.34. The molecular formula is C17H20N4O2. The van der Waals surface area contributed by atoms with Crippen molar-refractivity contribution in [2.45, 2.75) is 25.8 Å². The van der Waals surface area contributed by atoms with Gasteiger partial charge in [-0.1, -0.05) is 12.1 Å². The molecule has 23 heavy (non-hydrogen) atoms. The van der Waals surface area contributed by atoms with Gasteiger partial charge in [-0.3, -0.25) is 15.0 Å². The van der Waals surface area contributed by atoms with E-state index in [0.717, 1.165) is 49.0 Å². The van der Waals surface area contributed by atoms with Gasteiger partial charge in [0.15, 0.2) is 5.52 Å². The Balaban J connectivity index is 1.72. The standard InChI is InChI=1S/C17H20N4O2/c1-12-11-16(20-9-7-19(8-10-20)13-5-6-13)14-3-2-4-15(21(22)23)17(14)18-12/h2-4,11,13H,5-10H2,1H3. The second-order valence-electron chi connectivity index (χ2n) is 6.47. The third-order valence-electron chi connectivity index (χ3n) is 4.84. The lowest BCUT2D eigenvalue weighted by molar-refractivity contribution is -0.383. The molecule has 1 saturated carbocycles. The Morgan fingerprint density at radius 1 is 1.22 bits per heavy atom. The van der Waals surface area contributed by atoms with Gasteiger partial charge in [-0.25, -0.2) is 4.98 Å². The van der Waals surface area contributed by atoms with Crippen molar-refractivity contribution in [2.24, 2.45) is 0 Å². The van der Waals surface area contributed by atoms with E-state index in [4.69, 9.17) is 0 Å². The van der Waals surface area contributed by atoms with Crippen molar-refractivity contribution in [3.63, 3.8) is 0 Å². The summed E-state index contributed by atoms with van der Waals surface area (Å²) < 4.78 is 0. The van der Waals surface area contributed by atoms with Crippen LogP contribution in [-0.2, 0) is 0 Å². The van der Waals surface area contributed by atoms with Crippen LogP contribution in [0.25, 0.3) is 10.9 Å². The minimum absolute atomic E-state index is 0.0871. The van der Waals surface area contributed by atoms with E-state index in [1.165, 1.54) is 18.9 Å². The molecule has 2 fully saturated rings. The fourth-order valence-corrected chi connectivity index (χ4v) is 3.52. The average molecular weight is 312 g/mol. The molecule has 0 radical (unpaired) electrons. The molecule has 120 valence electrons. The Kier molecular flexibility index (Phi) is 3.41. The minimum Gasteiger partial charge on any atom is -0.368 e. The van der Waals surface area contributed by atoms with E-state index in [9.17, 15) is 10.1 Å². The van der Waals surface area contributed by atoms with Gasteiger partial charge >= 0.3 is 0 Å². The van der Waals surface area contributed by atoms with Crippen molar-refractivity contribution in [3.8, 4) is 0 Å². The molecule has 2 aliphatic rings. The zero-order chi connectivity index (χ0) is 16.0. The van der Waals surface area contributed by atoms with Crippen molar-refractivity contribution in [2.75, 3.05) is 31.1 Å². The molecule has 4 rings (SSSR count). The van der Waals surface area contributed by atoms with Crippen molar-refractivity contribution in [3.05, 3.63) is 40.1 Å². The molecular weight excluding hydrogens is 292 g/mol. The number of para-hydroxylation sites is 1. The zero-order valence-corrected chi connectivity index (χ0v) is 13.2. The first-order valence-electron chi connectivity index (χ1n) is 8.17. The van der Waals surface area contributed by atoms with E-state index < -0.39 is 0 Å². The third kappa shape index (κ3) is 2.63. The number of hydrogen-bond acceptors (Lipinski definition) is 5. The van der Waals surface area contributed by atoms with E-state index in [-0.39, 0.29) is 10.6 Å². The van der Waals surface area contributed by atoms with Gasteiger partial charge in [0, 0.05) is 55.1 Å². The quantitative estimate of drug-likeness (QED) is 0.644. The van der Waals surface area contributed by atoms with Crippen LogP contribution in [0.2, 0.25) is 0 Å². The number of rotatable bonds is 3. The van der Waals surface area contributed by atoms with Gasteiger partial charge in [0.05, 0.1) is 4.92 Å². The van der Waals surface area contributed by atoms with Crippen LogP contribution < -0.4 is 4.90 Å². The number of piperazine rings is 1. The van der Waals surface area contributed by atoms with Crippen molar-refractivity contribution >= 4 is 22.3 Å². The Morgan fingerprint density at radius 3 is 2.61 bits per heavy atom. The Hall–Kier alpha value is -2.21. The van der Waals surface area contributed by atoms with Crippen molar-refractivity contribution in [1.82, 2.24) is 9.88 Å². The second kappa shape index (κ2) is 5.45. The van der Waals surface area contributed by atoms with Gasteiger partial charge < -0.3 is 4.90 Å². The Morgan fingerprint density at radius 2 is 1.96 bits per heavy atom. The molecule has 1 aromatic carbocycles. The fraction of sp³-hybridized carbons (Fsp3) is 0.471. The molecule has 0 unspecified atom stereocenters. The summed E-state index contributed by atoms with van der Waals surface area (Å²) in [5.41, 5.74) is 2.49. The smallest absolute Gasteiger partial charge is 0.295 e. The highest BCUT2D eigenvalue weighted by atomic mass is 16.6. The number of aromatic nitrogens is 1. The Bertz CT molecular complexity index is 765. The van der Waals surface area contributed by atoms with Crippen LogP contribution in [0.5, 0.6) is 0 Å². The van der Waals surface area contributed by atoms with Crippen LogP contribution in [0.15, 0.2) is 24.3 Å². The summed E-state index contributed by atoms with van der Waals surface area (Å²) in [5.74, 6) is 0. The van der Waals surface area contributed by atoms with Crippen LogP contribution in [0.4, 0.5) is 11.4 Å². The summed E-state index contributed by atoms with van der Waals surface area (Å²) >= 11 is 0. The van der Waals surface area contributed by atoms with Gasteiger partial charge in [-0.05, 0) is 25.8 Å². The monoisotopic (exact) mass is 312 g/mol. The molecule has 1 aromatic heterocycles. The summed E-state index contributed by atoms with van der Waals surface area (Å²) in [4.78, 5) is 20.3. The number of nitro benzene ring substituents is 1. The van der Waals surface area contributed by atoms with Crippen LogP contribution in [0.3, 0.4) is 0 Å². The second-order valence-corrected chi connectivity index (χ2v) is 6.47. The van der Waals surface area contributed by atoms with Gasteiger partial charge in [0.1, 0.15) is 0 Å². The summed E-state index contributed by atoms with van der Waals surface area (Å²) in [6.45, 7) is 5.99. The molecule has 1 aliphatic carbocycles. The maximum absolute atomic E-state index is 11.3. The number of hydrogen-bond donors (Lipinski definition) is 0. The number of anilines is 1. The number of non-ortho nitro benzene ring substituents is 1. The molecule has 1 saturated heterocycles. The maximum atomic E-state index is 11.3. The van der Waals surface area contributed by atoms with Crippen LogP contribution in [-0.4, -0.2) is 47.0 Å². The summed E-state index contributed by atoms with van der Waals surface area (Å²) in [6.07, 6.45) is 2.67. The van der Waals surface area contributed by atoms with Gasteiger partial charge in [0.25, 0.3) is 5.69 Å². The number of aryl methyl sites for hydroxylation is 1. The lowest BCUT2D eigenvalue weighted by atomic mass is 10.1. The minimum atomic E-state index is -0.344. The topological polar surface area (TPSA) is 62.5 Å². The number of nitro groups is 1. The maximum Gasteiger partial charge on any atom is 0.295 e. The lowest BCUT2D eigenvalue weighted by Gasteiger charge is -2.36. The third-order valence-corrected chi connectivity index (χ3v) is 4.84. The fourth-order valence-electron chi connectivity index (χ4n) is 3.52. The van der Waals surface area contributed by atoms with Crippen LogP contribution >= 0.6 is 0 Å². The van der Waals surface area contributed by atoms with Gasteiger partial charge in [-0.15, -0.1) is 0 Å². The first-order chi connectivity index (χ1) is 11.1. The summed E-state index contributed by atoms with van der Waals surface area (Å²) in [5, 5.41) is 12.2. The molecule has 0 atom stereocenters. The average Bonchev–Trinajstić information content (AvgIpc) is 3.38. The first-order valence-corrected chi connectivity index (χ1v) is 8.17. The zero-order valence-electron chi connectivity index (χ0n) is 13.2. The number of nitrogens with zero attached hydrogens (tertiary/aromatic N) is 4. The predicted octanol–water partition coefficient (Wildman–Crippen LogP) is 2.74. The van der Waals surface area contributed by atoms with Crippen molar-refractivity contribution < 1.29 is 4.92 Å². The van der Waals surface area contributed by atoms with Crippen molar-refractivity contribution in [1.29, 1.82) is 0 Å². The van der Waals surface area contributed by atoms with E-state index in [1.54, 1.807) is 6.07 Å². The van der Waals surface area contributed by atoms with E-state index in [2.05, 4.69) is 20.9 Å². The van der Waals surface area contributed by atoms with E-state index >= 15 is 0 Å². The highest BCUT2D eigenvalue weighted by molar-refractivity contribution is 5.97. The SMILES string of the molecule is Cc1cc(N2CCN(C3CC3)CC2)c2cccc([N+](=O)[O-])c2n1. The lowest BCUT2D eigenvalue weighted by Crippen LogP contribution is -2.47. The normalized spacial score (nSPS) is 19.3. The van der Waals surface area contributed by atoms with Crippen LogP contribution in [0, 0.1) is 17.0 Å². The molecule has 2 aromatic rings.